The molecule has 5 rings (SSSR count). The normalized spacial score (nSPS) is 29.2. The lowest BCUT2D eigenvalue weighted by molar-refractivity contribution is 0.263. The van der Waals surface area contributed by atoms with Crippen molar-refractivity contribution in [3.05, 3.63) is 6.07 Å². The molecule has 40 heavy (non-hydrogen) atoms. The molecule has 0 aromatic carbocycles. The van der Waals surface area contributed by atoms with Crippen LogP contribution in [-0.2, 0) is 4.57 Å². The molecule has 4 aliphatic rings. The predicted octanol–water partition coefficient (Wildman–Crippen LogP) is 2.33. The Balaban J connectivity index is 0.943. The van der Waals surface area contributed by atoms with Gasteiger partial charge in [0, 0.05) is 51.4 Å². The first kappa shape index (κ1) is 30.0. The molecule has 3 atom stereocenters. The average Bonchev–Trinajstić information content (AvgIpc) is 3.57. The van der Waals surface area contributed by atoms with Gasteiger partial charge in [-0.2, -0.15) is 9.97 Å². The lowest BCUT2D eigenvalue weighted by Gasteiger charge is -2.35. The van der Waals surface area contributed by atoms with Crippen molar-refractivity contribution < 1.29 is 14.4 Å². The highest BCUT2D eigenvalue weighted by atomic mass is 31.2. The van der Waals surface area contributed by atoms with Crippen LogP contribution in [0.1, 0.15) is 57.8 Å². The van der Waals surface area contributed by atoms with Crippen LogP contribution in [0.5, 0.6) is 0 Å². The highest BCUT2D eigenvalue weighted by Gasteiger charge is 2.38. The Kier molecular flexibility index (Phi) is 10.6. The Labute approximate surface area is 239 Å². The Morgan fingerprint density at radius 1 is 0.950 bits per heavy atom. The number of nitrogens with one attached hydrogen (secondary N) is 3. The predicted molar refractivity (Wildman–Crippen MR) is 161 cm³/mol. The minimum atomic E-state index is -3.96. The molecular weight excluding hydrogens is 527 g/mol. The summed E-state index contributed by atoms with van der Waals surface area (Å²) in [5.74, 6) is 5.25. The van der Waals surface area contributed by atoms with Gasteiger partial charge in [-0.05, 0) is 94.7 Å². The van der Waals surface area contributed by atoms with Gasteiger partial charge >= 0.3 is 7.60 Å². The Bertz CT molecular complexity index is 980. The van der Waals surface area contributed by atoms with Gasteiger partial charge in [0.1, 0.15) is 11.6 Å². The number of piperazine rings is 1. The van der Waals surface area contributed by atoms with Gasteiger partial charge < -0.3 is 36.4 Å². The van der Waals surface area contributed by atoms with Crippen molar-refractivity contribution >= 4 is 25.2 Å². The summed E-state index contributed by atoms with van der Waals surface area (Å²) >= 11 is 0. The first-order valence-corrected chi connectivity index (χ1v) is 17.4. The van der Waals surface area contributed by atoms with Crippen LogP contribution in [0, 0.1) is 23.7 Å². The number of hydrogen-bond acceptors (Lipinski definition) is 9. The van der Waals surface area contributed by atoms with E-state index < -0.39 is 7.60 Å². The van der Waals surface area contributed by atoms with Crippen LogP contribution in [0.25, 0.3) is 0 Å². The molecule has 0 unspecified atom stereocenters. The zero-order valence-electron chi connectivity index (χ0n) is 24.0. The topological polar surface area (TPSA) is 152 Å². The molecule has 4 fully saturated rings. The highest BCUT2D eigenvalue weighted by molar-refractivity contribution is 7.51. The molecule has 1 saturated heterocycles. The van der Waals surface area contributed by atoms with E-state index in [1.807, 2.05) is 6.07 Å². The van der Waals surface area contributed by atoms with Gasteiger partial charge in [-0.25, -0.2) is 0 Å². The van der Waals surface area contributed by atoms with E-state index in [-0.39, 0.29) is 6.16 Å². The summed E-state index contributed by atoms with van der Waals surface area (Å²) in [4.78, 5) is 31.7. The number of nitrogens with zero attached hydrogens (tertiary/aromatic N) is 4. The van der Waals surface area contributed by atoms with Crippen molar-refractivity contribution in [3.63, 3.8) is 0 Å². The molecule has 1 aliphatic heterocycles. The van der Waals surface area contributed by atoms with Crippen molar-refractivity contribution in [2.75, 3.05) is 81.0 Å². The van der Waals surface area contributed by atoms with Crippen molar-refractivity contribution in [2.45, 2.75) is 63.8 Å². The maximum atomic E-state index is 11.2. The second-order valence-corrected chi connectivity index (χ2v) is 14.5. The van der Waals surface area contributed by atoms with E-state index in [4.69, 9.17) is 20.5 Å². The molecule has 12 heteroatoms. The van der Waals surface area contributed by atoms with Crippen LogP contribution >= 0.6 is 7.60 Å². The minimum absolute atomic E-state index is 0.0986. The van der Waals surface area contributed by atoms with Crippen LogP contribution < -0.4 is 26.6 Å². The number of fused-ring (bicyclic) bond motifs is 2. The summed E-state index contributed by atoms with van der Waals surface area (Å²) in [5.41, 5.74) is 6.11. The first-order valence-electron chi connectivity index (χ1n) is 15.6. The van der Waals surface area contributed by atoms with E-state index in [0.29, 0.717) is 24.2 Å². The molecule has 0 spiro atoms. The molecule has 2 bridgehead atoms. The highest BCUT2D eigenvalue weighted by Crippen LogP contribution is 2.44. The summed E-state index contributed by atoms with van der Waals surface area (Å²) in [7, 11) is -3.96. The molecule has 1 aromatic rings. The molecule has 0 radical (unpaired) electrons. The Hall–Kier alpha value is -1.49. The Morgan fingerprint density at radius 3 is 2.38 bits per heavy atom. The molecule has 11 nitrogen and oxygen atoms in total. The molecule has 226 valence electrons. The third-order valence-corrected chi connectivity index (χ3v) is 10.5. The van der Waals surface area contributed by atoms with Gasteiger partial charge in [-0.3, -0.25) is 9.46 Å². The number of nitrogen functional groups attached to an aromatic ring is 1. The number of aromatic nitrogens is 2. The third-order valence-electron chi connectivity index (χ3n) is 9.76. The van der Waals surface area contributed by atoms with Crippen molar-refractivity contribution in [3.8, 4) is 0 Å². The molecule has 0 amide bonds. The molecule has 3 saturated carbocycles. The minimum Gasteiger partial charge on any atom is -0.383 e. The lowest BCUT2D eigenvalue weighted by atomic mass is 9.82. The summed E-state index contributed by atoms with van der Waals surface area (Å²) in [6, 6.07) is 2.61. The number of hydrogen-bond donors (Lipinski definition) is 6. The van der Waals surface area contributed by atoms with Crippen molar-refractivity contribution in [2.24, 2.45) is 23.7 Å². The summed E-state index contributed by atoms with van der Waals surface area (Å²) in [5, 5.41) is 11.0. The fourth-order valence-corrected chi connectivity index (χ4v) is 7.89. The summed E-state index contributed by atoms with van der Waals surface area (Å²) in [6.45, 7) is 7.66. The Morgan fingerprint density at radius 2 is 1.70 bits per heavy atom. The molecule has 7 N–H and O–H groups in total. The van der Waals surface area contributed by atoms with Crippen LogP contribution in [0.15, 0.2) is 6.07 Å². The molecule has 1 aromatic heterocycles. The lowest BCUT2D eigenvalue weighted by Crippen LogP contribution is -2.47. The van der Waals surface area contributed by atoms with Crippen LogP contribution in [0.3, 0.4) is 0 Å². The summed E-state index contributed by atoms with van der Waals surface area (Å²) < 4.78 is 11.2. The van der Waals surface area contributed by atoms with E-state index in [2.05, 4.69) is 30.7 Å². The number of anilines is 3. The largest absolute Gasteiger partial charge is 0.383 e. The van der Waals surface area contributed by atoms with E-state index in [9.17, 15) is 4.57 Å². The van der Waals surface area contributed by atoms with Gasteiger partial charge in [0.25, 0.3) is 0 Å². The summed E-state index contributed by atoms with van der Waals surface area (Å²) in [6.07, 6.45) is 12.0. The zero-order chi connectivity index (χ0) is 28.0. The van der Waals surface area contributed by atoms with Crippen LogP contribution in [0.4, 0.5) is 17.6 Å². The first-order chi connectivity index (χ1) is 19.3. The fraction of sp³-hybridized carbons (Fsp3) is 0.857. The van der Waals surface area contributed by atoms with E-state index in [1.165, 1.54) is 57.8 Å². The molecule has 3 aliphatic carbocycles. The van der Waals surface area contributed by atoms with Gasteiger partial charge in [-0.15, -0.1) is 0 Å². The second-order valence-electron chi connectivity index (χ2n) is 12.8. The van der Waals surface area contributed by atoms with Gasteiger partial charge in [0.2, 0.25) is 5.95 Å². The van der Waals surface area contributed by atoms with E-state index in [0.717, 1.165) is 82.0 Å². The number of rotatable bonds is 14. The monoisotopic (exact) mass is 578 g/mol. The van der Waals surface area contributed by atoms with Crippen LogP contribution in [-0.4, -0.2) is 95.8 Å². The molecular formula is C28H51N8O3P. The van der Waals surface area contributed by atoms with Crippen LogP contribution in [0.2, 0.25) is 0 Å². The SMILES string of the molecule is Nc1cc(N2CCN(CCP(=O)(O)O)CC2)nc(NC[C@H]2CC[C@H](CNCCCN[C@H]3C[C@@H]4CC[C@H]3C4)CC2)n1. The van der Waals surface area contributed by atoms with E-state index in [1.54, 1.807) is 0 Å². The maximum Gasteiger partial charge on any atom is 0.326 e. The maximum absolute atomic E-state index is 11.2. The third kappa shape index (κ3) is 9.00. The zero-order valence-corrected chi connectivity index (χ0v) is 24.9. The van der Waals surface area contributed by atoms with Gasteiger partial charge in [0.15, 0.2) is 0 Å². The fourth-order valence-electron chi connectivity index (χ4n) is 7.34. The quantitative estimate of drug-likeness (QED) is 0.143. The van der Waals surface area contributed by atoms with Gasteiger partial charge in [-0.1, -0.05) is 6.42 Å². The number of nitrogens with two attached hydrogens (primary N) is 1. The standard InChI is InChI=1S/C28H51N8O3P/c29-26-18-27(36-12-10-35(11-13-36)14-15-40(37,38)39)34-28(33-26)32-20-22-4-2-21(3-5-22)19-30-8-1-9-31-25-17-23-6-7-24(25)16-23/h18,21-25,30-31H,1-17,19-20H2,(H2,37,38,39)(H3,29,32,33,34)/t21-,22-,23-,24+,25+/m1/s1. The second kappa shape index (κ2) is 14.1. The smallest absolute Gasteiger partial charge is 0.326 e. The van der Waals surface area contributed by atoms with Gasteiger partial charge in [0.05, 0.1) is 6.16 Å². The average molecular weight is 579 g/mol. The molecule has 2 heterocycles. The van der Waals surface area contributed by atoms with Crippen molar-refractivity contribution in [1.29, 1.82) is 0 Å². The van der Waals surface area contributed by atoms with Crippen molar-refractivity contribution in [1.82, 2.24) is 25.5 Å². The van der Waals surface area contributed by atoms with E-state index >= 15 is 0 Å².